The molecular weight excluding hydrogens is 393 g/mol. The third-order valence-corrected chi connectivity index (χ3v) is 3.78. The molecule has 0 atom stereocenters. The van der Waals surface area contributed by atoms with Crippen LogP contribution in [-0.2, 0) is 19.3 Å². The molecular formula is C15H12BrF3N2O3. The molecule has 0 fully saturated rings. The molecule has 0 saturated carbocycles. The minimum atomic E-state index is -4.54. The van der Waals surface area contributed by atoms with Gasteiger partial charge in [0.05, 0.1) is 17.1 Å². The van der Waals surface area contributed by atoms with E-state index in [1.165, 1.54) is 30.3 Å². The number of rotatable bonds is 5. The number of nitrogens with one attached hydrogen (secondary N) is 1. The van der Waals surface area contributed by atoms with E-state index < -0.39 is 16.7 Å². The van der Waals surface area contributed by atoms with Crippen LogP contribution in [0.5, 0.6) is 0 Å². The van der Waals surface area contributed by atoms with Crippen LogP contribution in [0.4, 0.5) is 24.5 Å². The molecule has 0 saturated heterocycles. The molecule has 0 unspecified atom stereocenters. The van der Waals surface area contributed by atoms with Gasteiger partial charge in [-0.1, -0.05) is 22.0 Å². The maximum absolute atomic E-state index is 13.1. The summed E-state index contributed by atoms with van der Waals surface area (Å²) < 4.78 is 39.6. The molecule has 0 bridgehead atoms. The molecule has 0 amide bonds. The van der Waals surface area contributed by atoms with Crippen LogP contribution in [0, 0.1) is 10.1 Å². The zero-order valence-electron chi connectivity index (χ0n) is 12.1. The van der Waals surface area contributed by atoms with Crippen molar-refractivity contribution in [3.05, 3.63) is 67.7 Å². The molecule has 0 spiro atoms. The van der Waals surface area contributed by atoms with Gasteiger partial charge < -0.3 is 10.4 Å². The lowest BCUT2D eigenvalue weighted by Gasteiger charge is -2.15. The number of hydrogen-bond acceptors (Lipinski definition) is 4. The average Bonchev–Trinajstić information content (AvgIpc) is 2.52. The molecule has 0 radical (unpaired) electrons. The number of halogens is 4. The van der Waals surface area contributed by atoms with Gasteiger partial charge in [-0.15, -0.1) is 0 Å². The Morgan fingerprint density at radius 1 is 1.21 bits per heavy atom. The molecule has 0 aliphatic rings. The van der Waals surface area contributed by atoms with Gasteiger partial charge in [0.2, 0.25) is 0 Å². The van der Waals surface area contributed by atoms with Crippen LogP contribution in [0.2, 0.25) is 0 Å². The predicted molar refractivity (Wildman–Crippen MR) is 85.5 cm³/mol. The fourth-order valence-electron chi connectivity index (χ4n) is 2.14. The number of hydrogen-bond donors (Lipinski definition) is 2. The van der Waals surface area contributed by atoms with Crippen molar-refractivity contribution < 1.29 is 23.2 Å². The molecule has 9 heteroatoms. The first-order valence-electron chi connectivity index (χ1n) is 6.70. The number of anilines is 1. The van der Waals surface area contributed by atoms with Gasteiger partial charge in [0.15, 0.2) is 0 Å². The first kappa shape index (κ1) is 18.2. The Morgan fingerprint density at radius 3 is 2.50 bits per heavy atom. The quantitative estimate of drug-likeness (QED) is 0.568. The molecule has 128 valence electrons. The smallest absolute Gasteiger partial charge is 0.392 e. The van der Waals surface area contributed by atoms with E-state index in [-0.39, 0.29) is 34.6 Å². The Labute approximate surface area is 143 Å². The van der Waals surface area contributed by atoms with Crippen molar-refractivity contribution in [1.82, 2.24) is 0 Å². The summed E-state index contributed by atoms with van der Waals surface area (Å²) >= 11 is 3.00. The largest absolute Gasteiger partial charge is 0.416 e. The highest BCUT2D eigenvalue weighted by molar-refractivity contribution is 9.10. The first-order valence-corrected chi connectivity index (χ1v) is 7.49. The summed E-state index contributed by atoms with van der Waals surface area (Å²) in [7, 11) is 0. The van der Waals surface area contributed by atoms with E-state index >= 15 is 0 Å². The van der Waals surface area contributed by atoms with E-state index in [9.17, 15) is 23.3 Å². The number of nitrogens with zero attached hydrogens (tertiary/aromatic N) is 1. The number of benzene rings is 2. The fraction of sp³-hybridized carbons (Fsp3) is 0.200. The topological polar surface area (TPSA) is 75.4 Å². The summed E-state index contributed by atoms with van der Waals surface area (Å²) in [6.45, 7) is -0.587. The lowest BCUT2D eigenvalue weighted by molar-refractivity contribution is -0.384. The lowest BCUT2D eigenvalue weighted by atomic mass is 10.1. The Balaban J connectivity index is 2.33. The van der Waals surface area contributed by atoms with Crippen LogP contribution in [0.25, 0.3) is 0 Å². The summed E-state index contributed by atoms with van der Waals surface area (Å²) in [6, 6.07) is 7.62. The molecule has 0 heterocycles. The van der Waals surface area contributed by atoms with E-state index in [2.05, 4.69) is 21.2 Å². The summed E-state index contributed by atoms with van der Waals surface area (Å²) in [6.07, 6.45) is -4.54. The van der Waals surface area contributed by atoms with Gasteiger partial charge >= 0.3 is 6.18 Å². The Kier molecular flexibility index (Phi) is 5.45. The minimum Gasteiger partial charge on any atom is -0.392 e. The molecule has 2 aromatic rings. The van der Waals surface area contributed by atoms with Gasteiger partial charge in [0, 0.05) is 17.1 Å². The van der Waals surface area contributed by atoms with E-state index in [1.54, 1.807) is 0 Å². The SMILES string of the molecule is O=[N+]([O-])c1ccc(CO)cc1NCc1ccc(Br)cc1C(F)(F)F. The van der Waals surface area contributed by atoms with Crippen LogP contribution in [-0.4, -0.2) is 10.0 Å². The fourth-order valence-corrected chi connectivity index (χ4v) is 2.50. The zero-order valence-corrected chi connectivity index (χ0v) is 13.7. The third-order valence-electron chi connectivity index (χ3n) is 3.29. The molecule has 5 nitrogen and oxygen atoms in total. The second-order valence-corrected chi connectivity index (χ2v) is 5.84. The monoisotopic (exact) mass is 404 g/mol. The number of alkyl halides is 3. The summed E-state index contributed by atoms with van der Waals surface area (Å²) in [4.78, 5) is 10.4. The van der Waals surface area contributed by atoms with Crippen molar-refractivity contribution in [2.45, 2.75) is 19.3 Å². The van der Waals surface area contributed by atoms with E-state index in [4.69, 9.17) is 5.11 Å². The predicted octanol–water partition coefficient (Wildman–Crippen LogP) is 4.48. The maximum atomic E-state index is 13.1. The highest BCUT2D eigenvalue weighted by atomic mass is 79.9. The van der Waals surface area contributed by atoms with Crippen molar-refractivity contribution in [3.63, 3.8) is 0 Å². The Hall–Kier alpha value is -2.13. The number of aliphatic hydroxyl groups is 1. The Morgan fingerprint density at radius 2 is 1.92 bits per heavy atom. The first-order chi connectivity index (χ1) is 11.2. The van der Waals surface area contributed by atoms with Gasteiger partial charge in [-0.2, -0.15) is 13.2 Å². The molecule has 0 aliphatic carbocycles. The summed E-state index contributed by atoms with van der Waals surface area (Å²) in [5.41, 5.74) is -0.699. The van der Waals surface area contributed by atoms with Crippen LogP contribution in [0.3, 0.4) is 0 Å². The average molecular weight is 405 g/mol. The van der Waals surface area contributed by atoms with Gasteiger partial charge in [0.1, 0.15) is 5.69 Å². The zero-order chi connectivity index (χ0) is 17.9. The van der Waals surface area contributed by atoms with Crippen molar-refractivity contribution >= 4 is 27.3 Å². The molecule has 0 aliphatic heterocycles. The van der Waals surface area contributed by atoms with Gasteiger partial charge in [-0.05, 0) is 35.4 Å². The molecule has 2 aromatic carbocycles. The van der Waals surface area contributed by atoms with Crippen molar-refractivity contribution in [2.24, 2.45) is 0 Å². The number of aliphatic hydroxyl groups excluding tert-OH is 1. The second kappa shape index (κ2) is 7.18. The summed E-state index contributed by atoms with van der Waals surface area (Å²) in [5, 5.41) is 22.8. The molecule has 2 rings (SSSR count). The van der Waals surface area contributed by atoms with Gasteiger partial charge in [-0.3, -0.25) is 10.1 Å². The normalized spacial score (nSPS) is 11.4. The minimum absolute atomic E-state index is 0.0441. The van der Waals surface area contributed by atoms with Crippen molar-refractivity contribution in [3.8, 4) is 0 Å². The van der Waals surface area contributed by atoms with Crippen molar-refractivity contribution in [2.75, 3.05) is 5.32 Å². The van der Waals surface area contributed by atoms with Crippen LogP contribution in [0.15, 0.2) is 40.9 Å². The van der Waals surface area contributed by atoms with Crippen LogP contribution < -0.4 is 5.32 Å². The van der Waals surface area contributed by atoms with Crippen LogP contribution in [0.1, 0.15) is 16.7 Å². The molecule has 24 heavy (non-hydrogen) atoms. The lowest BCUT2D eigenvalue weighted by Crippen LogP contribution is -2.12. The van der Waals surface area contributed by atoms with Crippen molar-refractivity contribution in [1.29, 1.82) is 0 Å². The van der Waals surface area contributed by atoms with Crippen LogP contribution >= 0.6 is 15.9 Å². The second-order valence-electron chi connectivity index (χ2n) is 4.92. The standard InChI is InChI=1S/C15H12BrF3N2O3/c16-11-3-2-10(12(6-11)15(17,18)19)7-20-13-5-9(8-22)1-4-14(13)21(23)24/h1-6,20,22H,7-8H2. The Bertz CT molecular complexity index is 766. The van der Waals surface area contributed by atoms with Gasteiger partial charge in [0.25, 0.3) is 5.69 Å². The van der Waals surface area contributed by atoms with E-state index in [1.807, 2.05) is 0 Å². The number of nitro benzene ring substituents is 1. The highest BCUT2D eigenvalue weighted by Crippen LogP contribution is 2.35. The maximum Gasteiger partial charge on any atom is 0.416 e. The summed E-state index contributed by atoms with van der Waals surface area (Å²) in [5.74, 6) is 0. The number of nitro groups is 1. The highest BCUT2D eigenvalue weighted by Gasteiger charge is 2.33. The van der Waals surface area contributed by atoms with E-state index in [0.29, 0.717) is 5.56 Å². The van der Waals surface area contributed by atoms with Gasteiger partial charge in [-0.25, -0.2) is 0 Å². The molecule has 0 aromatic heterocycles. The molecule has 2 N–H and O–H groups in total. The third kappa shape index (κ3) is 4.24. The van der Waals surface area contributed by atoms with E-state index in [0.717, 1.165) is 6.07 Å².